The molecule has 144 valence electrons. The predicted molar refractivity (Wildman–Crippen MR) is 109 cm³/mol. The molecular formula is C17H36IN3O3. The fourth-order valence-electron chi connectivity index (χ4n) is 3.05. The molecule has 0 bridgehead atoms. The molecule has 0 aromatic heterocycles. The summed E-state index contributed by atoms with van der Waals surface area (Å²) in [5.74, 6) is 0.850. The summed E-state index contributed by atoms with van der Waals surface area (Å²) in [5, 5.41) is 6.78. The number of hydrogen-bond donors (Lipinski definition) is 2. The second-order valence-corrected chi connectivity index (χ2v) is 6.11. The minimum Gasteiger partial charge on any atom is -0.382 e. The first-order valence-electron chi connectivity index (χ1n) is 8.85. The molecule has 0 heterocycles. The summed E-state index contributed by atoms with van der Waals surface area (Å²) in [6, 6.07) is 0. The molecule has 24 heavy (non-hydrogen) atoms. The third kappa shape index (κ3) is 10.0. The largest absolute Gasteiger partial charge is 0.382 e. The molecule has 0 spiro atoms. The summed E-state index contributed by atoms with van der Waals surface area (Å²) < 4.78 is 16.0. The zero-order valence-electron chi connectivity index (χ0n) is 15.6. The summed E-state index contributed by atoms with van der Waals surface area (Å²) in [6.45, 7) is 7.34. The highest BCUT2D eigenvalue weighted by Crippen LogP contribution is 2.40. The zero-order chi connectivity index (χ0) is 16.8. The average Bonchev–Trinajstić information content (AvgIpc) is 3.03. The maximum absolute atomic E-state index is 5.56. The monoisotopic (exact) mass is 457 g/mol. The number of aliphatic imine (C=N–C) groups is 1. The van der Waals surface area contributed by atoms with Crippen molar-refractivity contribution in [2.24, 2.45) is 10.4 Å². The molecule has 0 aliphatic heterocycles. The van der Waals surface area contributed by atoms with E-state index in [1.807, 2.05) is 7.05 Å². The van der Waals surface area contributed by atoms with E-state index in [2.05, 4.69) is 22.5 Å². The Morgan fingerprint density at radius 1 is 1.04 bits per heavy atom. The van der Waals surface area contributed by atoms with Crippen LogP contribution in [-0.2, 0) is 14.2 Å². The van der Waals surface area contributed by atoms with Gasteiger partial charge in [-0.25, -0.2) is 0 Å². The van der Waals surface area contributed by atoms with E-state index in [4.69, 9.17) is 14.2 Å². The van der Waals surface area contributed by atoms with Crippen molar-refractivity contribution in [1.82, 2.24) is 10.6 Å². The van der Waals surface area contributed by atoms with Gasteiger partial charge in [0.05, 0.1) is 19.8 Å². The van der Waals surface area contributed by atoms with Crippen molar-refractivity contribution in [1.29, 1.82) is 0 Å². The lowest BCUT2D eigenvalue weighted by Gasteiger charge is -2.30. The van der Waals surface area contributed by atoms with Gasteiger partial charge in [-0.2, -0.15) is 0 Å². The van der Waals surface area contributed by atoms with Gasteiger partial charge in [-0.15, -0.1) is 24.0 Å². The number of halogens is 1. The standard InChI is InChI=1S/C17H35N3O3.HI/c1-4-22-11-9-17(7-5-6-8-17)15-20-16(18-2)19-10-12-23-14-13-21-3;/h4-15H2,1-3H3,(H2,18,19,20);1H. The maximum Gasteiger partial charge on any atom is 0.191 e. The molecule has 1 fully saturated rings. The minimum absolute atomic E-state index is 0. The van der Waals surface area contributed by atoms with Crippen molar-refractivity contribution in [3.8, 4) is 0 Å². The fraction of sp³-hybridized carbons (Fsp3) is 0.941. The Balaban J connectivity index is 0.00000529. The number of rotatable bonds is 12. The summed E-state index contributed by atoms with van der Waals surface area (Å²) in [7, 11) is 3.49. The van der Waals surface area contributed by atoms with E-state index in [0.29, 0.717) is 25.2 Å². The van der Waals surface area contributed by atoms with E-state index >= 15 is 0 Å². The van der Waals surface area contributed by atoms with Gasteiger partial charge in [-0.05, 0) is 31.6 Å². The van der Waals surface area contributed by atoms with E-state index in [1.165, 1.54) is 25.7 Å². The normalized spacial score (nSPS) is 16.7. The van der Waals surface area contributed by atoms with Crippen LogP contribution in [0.4, 0.5) is 0 Å². The Morgan fingerprint density at radius 2 is 1.79 bits per heavy atom. The molecule has 1 rings (SSSR count). The third-order valence-electron chi connectivity index (χ3n) is 4.47. The van der Waals surface area contributed by atoms with Gasteiger partial charge in [0, 0.05) is 40.5 Å². The molecule has 1 aliphatic rings. The van der Waals surface area contributed by atoms with E-state index < -0.39 is 0 Å². The molecule has 0 amide bonds. The first-order chi connectivity index (χ1) is 11.3. The molecule has 6 nitrogen and oxygen atoms in total. The van der Waals surface area contributed by atoms with E-state index in [0.717, 1.165) is 38.7 Å². The number of hydrogen-bond acceptors (Lipinski definition) is 4. The average molecular weight is 457 g/mol. The molecule has 0 aromatic rings. The summed E-state index contributed by atoms with van der Waals surface area (Å²) in [5.41, 5.74) is 0.363. The van der Waals surface area contributed by atoms with Crippen LogP contribution in [0, 0.1) is 5.41 Å². The van der Waals surface area contributed by atoms with Crippen LogP contribution in [0.2, 0.25) is 0 Å². The van der Waals surface area contributed by atoms with E-state index in [-0.39, 0.29) is 24.0 Å². The first-order valence-corrected chi connectivity index (χ1v) is 8.85. The van der Waals surface area contributed by atoms with Crippen LogP contribution in [0.15, 0.2) is 4.99 Å². The second kappa shape index (κ2) is 15.2. The van der Waals surface area contributed by atoms with E-state index in [1.54, 1.807) is 7.11 Å². The quantitative estimate of drug-likeness (QED) is 0.204. The van der Waals surface area contributed by atoms with Crippen LogP contribution in [0.3, 0.4) is 0 Å². The Labute approximate surface area is 164 Å². The highest BCUT2D eigenvalue weighted by Gasteiger charge is 2.33. The fourth-order valence-corrected chi connectivity index (χ4v) is 3.05. The highest BCUT2D eigenvalue weighted by molar-refractivity contribution is 14.0. The van der Waals surface area contributed by atoms with Gasteiger partial charge in [0.1, 0.15) is 0 Å². The van der Waals surface area contributed by atoms with Crippen LogP contribution in [0.5, 0.6) is 0 Å². The van der Waals surface area contributed by atoms with Gasteiger partial charge < -0.3 is 24.8 Å². The van der Waals surface area contributed by atoms with Gasteiger partial charge in [0.25, 0.3) is 0 Å². The molecule has 0 saturated heterocycles. The SMILES string of the molecule is CCOCCC1(CNC(=NC)NCCOCCOC)CCCC1.I. The molecule has 1 saturated carbocycles. The molecule has 0 atom stereocenters. The van der Waals surface area contributed by atoms with Crippen LogP contribution in [0.1, 0.15) is 39.0 Å². The lowest BCUT2D eigenvalue weighted by Crippen LogP contribution is -2.44. The topological polar surface area (TPSA) is 64.1 Å². The van der Waals surface area contributed by atoms with Gasteiger partial charge >= 0.3 is 0 Å². The van der Waals surface area contributed by atoms with Crippen molar-refractivity contribution in [3.05, 3.63) is 0 Å². The molecule has 1 aliphatic carbocycles. The highest BCUT2D eigenvalue weighted by atomic mass is 127. The summed E-state index contributed by atoms with van der Waals surface area (Å²) in [4.78, 5) is 4.29. The van der Waals surface area contributed by atoms with Crippen LogP contribution >= 0.6 is 24.0 Å². The molecule has 0 radical (unpaired) electrons. The van der Waals surface area contributed by atoms with E-state index in [9.17, 15) is 0 Å². The van der Waals surface area contributed by atoms with Gasteiger partial charge in [0.2, 0.25) is 0 Å². The number of methoxy groups -OCH3 is 1. The Morgan fingerprint density at radius 3 is 2.42 bits per heavy atom. The summed E-state index contributed by atoms with van der Waals surface area (Å²) in [6.07, 6.45) is 6.35. The molecular weight excluding hydrogens is 421 g/mol. The van der Waals surface area contributed by atoms with Crippen molar-refractivity contribution in [2.45, 2.75) is 39.0 Å². The predicted octanol–water partition coefficient (Wildman–Crippen LogP) is 2.42. The van der Waals surface area contributed by atoms with Crippen molar-refractivity contribution in [2.75, 3.05) is 60.3 Å². The molecule has 0 aromatic carbocycles. The minimum atomic E-state index is 0. The van der Waals surface area contributed by atoms with Crippen molar-refractivity contribution < 1.29 is 14.2 Å². The van der Waals surface area contributed by atoms with Gasteiger partial charge in [-0.1, -0.05) is 12.8 Å². The summed E-state index contributed by atoms with van der Waals surface area (Å²) >= 11 is 0. The van der Waals surface area contributed by atoms with Crippen molar-refractivity contribution in [3.63, 3.8) is 0 Å². The Kier molecular flexibility index (Phi) is 15.1. The molecule has 2 N–H and O–H groups in total. The number of nitrogens with zero attached hydrogens (tertiary/aromatic N) is 1. The Hall–Kier alpha value is -0.120. The second-order valence-electron chi connectivity index (χ2n) is 6.11. The zero-order valence-corrected chi connectivity index (χ0v) is 17.9. The third-order valence-corrected chi connectivity index (χ3v) is 4.47. The smallest absolute Gasteiger partial charge is 0.191 e. The van der Waals surface area contributed by atoms with Gasteiger partial charge in [0.15, 0.2) is 5.96 Å². The van der Waals surface area contributed by atoms with Crippen LogP contribution < -0.4 is 10.6 Å². The first kappa shape index (κ1) is 23.9. The van der Waals surface area contributed by atoms with Crippen LogP contribution in [0.25, 0.3) is 0 Å². The lowest BCUT2D eigenvalue weighted by atomic mass is 9.83. The van der Waals surface area contributed by atoms with Gasteiger partial charge in [-0.3, -0.25) is 4.99 Å². The van der Waals surface area contributed by atoms with Crippen molar-refractivity contribution >= 4 is 29.9 Å². The number of ether oxygens (including phenoxy) is 3. The maximum atomic E-state index is 5.56. The molecule has 0 unspecified atom stereocenters. The molecule has 7 heteroatoms. The lowest BCUT2D eigenvalue weighted by molar-refractivity contribution is 0.0733. The van der Waals surface area contributed by atoms with Crippen LogP contribution in [-0.4, -0.2) is 66.2 Å². The number of nitrogens with one attached hydrogen (secondary N) is 2. The Bertz CT molecular complexity index is 324. The number of guanidine groups is 1.